The molecule has 0 unspecified atom stereocenters. The second-order valence-corrected chi connectivity index (χ2v) is 13.6. The van der Waals surface area contributed by atoms with Crippen LogP contribution in [0.3, 0.4) is 0 Å². The van der Waals surface area contributed by atoms with Crippen molar-refractivity contribution >= 4 is 32.0 Å². The van der Waals surface area contributed by atoms with Gasteiger partial charge in [-0.1, -0.05) is 51.1 Å². The van der Waals surface area contributed by atoms with E-state index in [9.17, 15) is 16.8 Å². The minimum absolute atomic E-state index is 0. The fourth-order valence-corrected chi connectivity index (χ4v) is 5.03. The van der Waals surface area contributed by atoms with E-state index in [1.54, 1.807) is 0 Å². The van der Waals surface area contributed by atoms with Gasteiger partial charge in [0.15, 0.2) is 0 Å². The maximum atomic E-state index is 11.2. The Morgan fingerprint density at radius 1 is 0.902 bits per heavy atom. The van der Waals surface area contributed by atoms with Crippen LogP contribution in [0.5, 0.6) is 0 Å². The molecule has 0 radical (unpaired) electrons. The van der Waals surface area contributed by atoms with Gasteiger partial charge in [0.25, 0.3) is 20.2 Å². The van der Waals surface area contributed by atoms with Crippen LogP contribution < -0.4 is 44.8 Å². The van der Waals surface area contributed by atoms with Gasteiger partial charge in [0.1, 0.15) is 24.6 Å². The zero-order chi connectivity index (χ0) is 29.4. The molecule has 1 aliphatic carbocycles. The summed E-state index contributed by atoms with van der Waals surface area (Å²) in [5.74, 6) is 0.545. The second-order valence-electron chi connectivity index (χ2n) is 10.5. The van der Waals surface area contributed by atoms with E-state index in [1.807, 2.05) is 83.6 Å². The summed E-state index contributed by atoms with van der Waals surface area (Å²) < 4.78 is 71.3. The zero-order valence-corrected chi connectivity index (χ0v) is 27.6. The Morgan fingerprint density at radius 3 is 2.07 bits per heavy atom. The fourth-order valence-electron chi connectivity index (χ4n) is 4.04. The predicted molar refractivity (Wildman–Crippen MR) is 160 cm³/mol. The molecule has 0 spiro atoms. The monoisotopic (exact) mass is 613 g/mol. The molecule has 0 saturated carbocycles. The Labute approximate surface area is 266 Å². The summed E-state index contributed by atoms with van der Waals surface area (Å²) in [6.45, 7) is 6.66. The van der Waals surface area contributed by atoms with Crippen molar-refractivity contribution in [2.24, 2.45) is 0 Å². The molecule has 0 atom stereocenters. The first kappa shape index (κ1) is 34.9. The van der Waals surface area contributed by atoms with Crippen molar-refractivity contribution in [1.82, 2.24) is 4.58 Å². The van der Waals surface area contributed by atoms with Gasteiger partial charge in [-0.05, 0) is 35.9 Å². The van der Waals surface area contributed by atoms with E-state index in [4.69, 9.17) is 13.5 Å². The summed E-state index contributed by atoms with van der Waals surface area (Å²) >= 11 is 0. The van der Waals surface area contributed by atoms with Gasteiger partial charge < -0.3 is 11.2 Å². The third-order valence-corrected chi connectivity index (χ3v) is 7.66. The van der Waals surface area contributed by atoms with Crippen molar-refractivity contribution in [3.63, 3.8) is 0 Å². The van der Waals surface area contributed by atoms with Crippen LogP contribution >= 0.6 is 0 Å². The second kappa shape index (κ2) is 15.3. The summed E-state index contributed by atoms with van der Waals surface area (Å²) in [4.78, 5) is 0. The Kier molecular flexibility index (Phi) is 13.0. The van der Waals surface area contributed by atoms with Gasteiger partial charge in [-0.2, -0.15) is 16.8 Å². The van der Waals surface area contributed by atoms with Gasteiger partial charge in [-0.25, -0.2) is 4.58 Å². The maximum Gasteiger partial charge on any atom is 1.00 e. The van der Waals surface area contributed by atoms with Gasteiger partial charge in [-0.3, -0.25) is 9.11 Å². The van der Waals surface area contributed by atoms with E-state index >= 15 is 0 Å². The Morgan fingerprint density at radius 2 is 1.51 bits per heavy atom. The van der Waals surface area contributed by atoms with Crippen molar-refractivity contribution in [2.45, 2.75) is 39.0 Å². The van der Waals surface area contributed by atoms with Gasteiger partial charge in [0.2, 0.25) is 5.36 Å². The SMILES string of the molecule is CC(C)(C)c1cc(/C=C/C=C/Nc2ccccc2)c2ccc(=[N+](CCCS(=O)(=O)O)CCCS(=O)(=O)O)cc-2o1.[H-].[Na+]. The molecule has 3 N–H and O–H groups in total. The number of anilines is 1. The number of benzene rings is 2. The van der Waals surface area contributed by atoms with Crippen LogP contribution in [0, 0.1) is 0 Å². The molecule has 1 aromatic carbocycles. The normalized spacial score (nSPS) is 12.6. The molecule has 218 valence electrons. The van der Waals surface area contributed by atoms with Crippen LogP contribution in [0.2, 0.25) is 0 Å². The first-order valence-electron chi connectivity index (χ1n) is 12.9. The topological polar surface area (TPSA) is 137 Å². The number of rotatable bonds is 12. The molecule has 41 heavy (non-hydrogen) atoms. The average molecular weight is 614 g/mol. The Bertz CT molecular complexity index is 1570. The summed E-state index contributed by atoms with van der Waals surface area (Å²) in [5.41, 5.74) is 2.53. The van der Waals surface area contributed by atoms with E-state index in [1.165, 1.54) is 0 Å². The molecule has 9 nitrogen and oxygen atoms in total. The van der Waals surface area contributed by atoms with E-state index in [0.717, 1.165) is 22.6 Å². The van der Waals surface area contributed by atoms with E-state index in [-0.39, 0.29) is 62.3 Å². The average Bonchev–Trinajstić information content (AvgIpc) is 2.85. The smallest absolute Gasteiger partial charge is 1.00 e. The molecule has 0 amide bonds. The molecule has 2 aliphatic rings. The Balaban J connectivity index is 0.00000441. The summed E-state index contributed by atoms with van der Waals surface area (Å²) in [6.07, 6.45) is 7.95. The molecule has 12 heteroatoms. The van der Waals surface area contributed by atoms with Crippen LogP contribution in [0.1, 0.15) is 46.4 Å². The molecule has 1 aromatic rings. The van der Waals surface area contributed by atoms with Crippen molar-refractivity contribution in [3.05, 3.63) is 89.6 Å². The van der Waals surface area contributed by atoms with Crippen LogP contribution in [0.4, 0.5) is 5.69 Å². The molecule has 1 heterocycles. The third-order valence-electron chi connectivity index (χ3n) is 6.05. The molecule has 0 fully saturated rings. The molecule has 1 aliphatic heterocycles. The standard InChI is InChI=1S/C29H36N2O7S2.Na.H/c1-29(2,3)28-21-23(11-7-8-16-30-24-12-5-4-6-13-24)26-15-14-25(22-27(26)38-28)31(17-9-19-39(32,33)34)18-10-20-40(35,36)37;;/h4-8,11-16,21-22H,9-10,17-20H2,1-3H3,(H2,32,33,34,35,36,37);;/q;+1;-1/p+1. The first-order chi connectivity index (χ1) is 18.7. The molecular formula is C29H38N2NaO7S2+. The largest absolute Gasteiger partial charge is 1.00 e. The molecule has 0 aromatic heterocycles. The quantitative estimate of drug-likeness (QED) is 0.122. The minimum Gasteiger partial charge on any atom is -1.00 e. The minimum atomic E-state index is -4.14. The summed E-state index contributed by atoms with van der Waals surface area (Å²) in [7, 11) is -8.27. The van der Waals surface area contributed by atoms with Crippen molar-refractivity contribution in [2.75, 3.05) is 29.9 Å². The van der Waals surface area contributed by atoms with Crippen LogP contribution in [0.25, 0.3) is 17.4 Å². The number of hydrogen-bond donors (Lipinski definition) is 3. The molecular weight excluding hydrogens is 575 g/mol. The van der Waals surface area contributed by atoms with Crippen molar-refractivity contribution in [3.8, 4) is 11.3 Å². The van der Waals surface area contributed by atoms with Crippen LogP contribution in [0.15, 0.2) is 77.4 Å². The predicted octanol–water partition coefficient (Wildman–Crippen LogP) is 1.77. The summed E-state index contributed by atoms with van der Waals surface area (Å²) in [5, 5.41) is 3.92. The van der Waals surface area contributed by atoms with E-state index in [0.29, 0.717) is 11.1 Å². The van der Waals surface area contributed by atoms with Crippen molar-refractivity contribution in [1.29, 1.82) is 0 Å². The van der Waals surface area contributed by atoms with Crippen LogP contribution in [-0.4, -0.2) is 50.5 Å². The molecule has 3 rings (SSSR count). The first-order valence-corrected chi connectivity index (χ1v) is 16.1. The van der Waals surface area contributed by atoms with Gasteiger partial charge in [0.05, 0.1) is 17.6 Å². The van der Waals surface area contributed by atoms with Crippen LogP contribution in [-0.2, 0) is 25.7 Å². The number of nitrogens with zero attached hydrogens (tertiary/aromatic N) is 1. The number of nitrogens with one attached hydrogen (secondary N) is 1. The number of fused-ring (bicyclic) bond motifs is 1. The van der Waals surface area contributed by atoms with Gasteiger partial charge in [-0.15, -0.1) is 0 Å². The van der Waals surface area contributed by atoms with E-state index in [2.05, 4.69) is 26.1 Å². The van der Waals surface area contributed by atoms with Gasteiger partial charge >= 0.3 is 29.6 Å². The third kappa shape index (κ3) is 12.3. The fraction of sp³-hybridized carbons (Fsp3) is 0.345. The zero-order valence-electron chi connectivity index (χ0n) is 24.9. The number of hydrogen-bond acceptors (Lipinski definition) is 6. The Hall–Kier alpha value is -2.25. The van der Waals surface area contributed by atoms with Gasteiger partial charge in [0, 0.05) is 41.8 Å². The van der Waals surface area contributed by atoms with Crippen molar-refractivity contribution < 1.29 is 61.3 Å². The maximum absolute atomic E-state index is 11.2. The molecule has 0 saturated heterocycles. The summed E-state index contributed by atoms with van der Waals surface area (Å²) in [6, 6.07) is 17.4. The number of para-hydroxylation sites is 1. The molecule has 0 bridgehead atoms. The number of allylic oxidation sites excluding steroid dienone is 2. The van der Waals surface area contributed by atoms with E-state index < -0.39 is 31.7 Å².